The molecule has 120 valence electrons. The SMILES string of the molecule is CCCNCc1c(O)cc(-c2noc(C(F)(F)F)n2)cc1F. The molecule has 1 aromatic carbocycles. The van der Waals surface area contributed by atoms with Gasteiger partial charge in [0.25, 0.3) is 0 Å². The molecule has 0 fully saturated rings. The standard InChI is InChI=1S/C13H13F4N3O2/c1-2-3-18-6-8-9(14)4-7(5-10(8)21)11-19-12(22-20-11)13(15,16)17/h4-5,18,21H,2-3,6H2,1H3. The van der Waals surface area contributed by atoms with Gasteiger partial charge >= 0.3 is 12.1 Å². The number of aromatic hydroxyl groups is 1. The molecular formula is C13H13F4N3O2. The van der Waals surface area contributed by atoms with Gasteiger partial charge in [0.05, 0.1) is 0 Å². The van der Waals surface area contributed by atoms with Gasteiger partial charge in [0.15, 0.2) is 0 Å². The molecule has 1 aromatic heterocycles. The molecule has 2 aromatic rings. The topological polar surface area (TPSA) is 71.2 Å². The lowest BCUT2D eigenvalue weighted by Gasteiger charge is -2.08. The van der Waals surface area contributed by atoms with Crippen molar-refractivity contribution in [2.75, 3.05) is 6.54 Å². The van der Waals surface area contributed by atoms with Crippen molar-refractivity contribution in [1.29, 1.82) is 0 Å². The number of alkyl halides is 3. The number of benzene rings is 1. The van der Waals surface area contributed by atoms with Crippen molar-refractivity contribution in [3.05, 3.63) is 29.4 Å². The van der Waals surface area contributed by atoms with E-state index in [1.165, 1.54) is 0 Å². The molecule has 9 heteroatoms. The number of aromatic nitrogens is 2. The zero-order chi connectivity index (χ0) is 16.3. The van der Waals surface area contributed by atoms with Crippen LogP contribution in [-0.4, -0.2) is 21.8 Å². The van der Waals surface area contributed by atoms with Crippen molar-refractivity contribution in [2.24, 2.45) is 0 Å². The molecule has 22 heavy (non-hydrogen) atoms. The molecule has 0 aliphatic carbocycles. The highest BCUT2D eigenvalue weighted by Gasteiger charge is 2.38. The first-order valence-corrected chi connectivity index (χ1v) is 6.46. The lowest BCUT2D eigenvalue weighted by Crippen LogP contribution is -2.15. The van der Waals surface area contributed by atoms with Crippen LogP contribution in [0.5, 0.6) is 5.75 Å². The van der Waals surface area contributed by atoms with Crippen LogP contribution >= 0.6 is 0 Å². The highest BCUT2D eigenvalue weighted by atomic mass is 19.4. The zero-order valence-electron chi connectivity index (χ0n) is 11.5. The van der Waals surface area contributed by atoms with Crippen molar-refractivity contribution in [3.8, 4) is 17.1 Å². The van der Waals surface area contributed by atoms with Gasteiger partial charge in [0.1, 0.15) is 11.6 Å². The van der Waals surface area contributed by atoms with Crippen molar-refractivity contribution in [2.45, 2.75) is 26.1 Å². The van der Waals surface area contributed by atoms with Crippen LogP contribution in [0.4, 0.5) is 17.6 Å². The Morgan fingerprint density at radius 2 is 2.05 bits per heavy atom. The molecule has 0 unspecified atom stereocenters. The Balaban J connectivity index is 2.28. The number of phenolic OH excluding ortho intramolecular Hbond substituents is 1. The third kappa shape index (κ3) is 3.53. The molecule has 0 aliphatic rings. The predicted octanol–water partition coefficient (Wildman–Crippen LogP) is 3.10. The van der Waals surface area contributed by atoms with Gasteiger partial charge in [-0.2, -0.15) is 18.2 Å². The summed E-state index contributed by atoms with van der Waals surface area (Å²) < 4.78 is 55.2. The number of nitrogens with one attached hydrogen (secondary N) is 1. The Hall–Kier alpha value is -2.16. The zero-order valence-corrected chi connectivity index (χ0v) is 11.5. The smallest absolute Gasteiger partial charge is 0.471 e. The van der Waals surface area contributed by atoms with Crippen molar-refractivity contribution >= 4 is 0 Å². The fraction of sp³-hybridized carbons (Fsp3) is 0.385. The van der Waals surface area contributed by atoms with Crippen LogP contribution in [0.15, 0.2) is 16.7 Å². The molecule has 1 heterocycles. The third-order valence-electron chi connectivity index (χ3n) is 2.83. The van der Waals surface area contributed by atoms with Crippen molar-refractivity contribution in [3.63, 3.8) is 0 Å². The van der Waals surface area contributed by atoms with Crippen LogP contribution in [0.3, 0.4) is 0 Å². The minimum absolute atomic E-state index is 0.0248. The summed E-state index contributed by atoms with van der Waals surface area (Å²) in [6, 6.07) is 2.05. The monoisotopic (exact) mass is 319 g/mol. The summed E-state index contributed by atoms with van der Waals surface area (Å²) in [6.45, 7) is 2.67. The second-order valence-electron chi connectivity index (χ2n) is 4.55. The highest BCUT2D eigenvalue weighted by molar-refractivity contribution is 5.59. The Morgan fingerprint density at radius 1 is 1.32 bits per heavy atom. The molecule has 0 aliphatic heterocycles. The largest absolute Gasteiger partial charge is 0.507 e. The number of hydrogen-bond donors (Lipinski definition) is 2. The minimum atomic E-state index is -4.78. The molecule has 0 saturated carbocycles. The first-order chi connectivity index (χ1) is 10.3. The van der Waals surface area contributed by atoms with Crippen LogP contribution in [-0.2, 0) is 12.7 Å². The molecule has 0 spiro atoms. The van der Waals surface area contributed by atoms with Gasteiger partial charge < -0.3 is 14.9 Å². The molecule has 0 amide bonds. The van der Waals surface area contributed by atoms with Gasteiger partial charge in [0.2, 0.25) is 5.82 Å². The second kappa shape index (κ2) is 6.30. The number of phenols is 1. The van der Waals surface area contributed by atoms with E-state index >= 15 is 0 Å². The summed E-state index contributed by atoms with van der Waals surface area (Å²) in [5, 5.41) is 15.9. The fourth-order valence-corrected chi connectivity index (χ4v) is 1.77. The number of halogens is 4. The van der Waals surface area contributed by atoms with Crippen LogP contribution in [0.25, 0.3) is 11.4 Å². The predicted molar refractivity (Wildman–Crippen MR) is 68.4 cm³/mol. The maximum atomic E-state index is 14.0. The number of nitrogens with zero attached hydrogens (tertiary/aromatic N) is 2. The molecule has 0 bridgehead atoms. The fourth-order valence-electron chi connectivity index (χ4n) is 1.77. The average molecular weight is 319 g/mol. The molecule has 2 N–H and O–H groups in total. The van der Waals surface area contributed by atoms with Crippen LogP contribution in [0, 0.1) is 5.82 Å². The van der Waals surface area contributed by atoms with Gasteiger partial charge in [-0.1, -0.05) is 12.1 Å². The van der Waals surface area contributed by atoms with E-state index in [4.69, 9.17) is 0 Å². The van der Waals surface area contributed by atoms with Crippen molar-refractivity contribution in [1.82, 2.24) is 15.5 Å². The van der Waals surface area contributed by atoms with Gasteiger partial charge in [-0.15, -0.1) is 0 Å². The minimum Gasteiger partial charge on any atom is -0.507 e. The maximum absolute atomic E-state index is 14.0. The van der Waals surface area contributed by atoms with Crippen molar-refractivity contribution < 1.29 is 27.2 Å². The summed E-state index contributed by atoms with van der Waals surface area (Å²) in [5.41, 5.74) is -0.0785. The number of hydrogen-bond acceptors (Lipinski definition) is 5. The summed E-state index contributed by atoms with van der Waals surface area (Å²) in [4.78, 5) is 3.14. The second-order valence-corrected chi connectivity index (χ2v) is 4.55. The van der Waals surface area contributed by atoms with E-state index in [0.29, 0.717) is 6.54 Å². The van der Waals surface area contributed by atoms with Crippen LogP contribution in [0.2, 0.25) is 0 Å². The van der Waals surface area contributed by atoms with Gasteiger partial charge in [0, 0.05) is 17.7 Å². The van der Waals surface area contributed by atoms with E-state index in [9.17, 15) is 22.7 Å². The Labute approximate surface area is 123 Å². The third-order valence-corrected chi connectivity index (χ3v) is 2.83. The van der Waals surface area contributed by atoms with E-state index in [2.05, 4.69) is 20.0 Å². The molecular weight excluding hydrogens is 306 g/mol. The number of rotatable bonds is 5. The van der Waals surface area contributed by atoms with Crippen LogP contribution < -0.4 is 5.32 Å². The van der Waals surface area contributed by atoms with E-state index < -0.39 is 29.5 Å². The Morgan fingerprint density at radius 3 is 2.59 bits per heavy atom. The summed E-state index contributed by atoms with van der Waals surface area (Å²) in [7, 11) is 0. The van der Waals surface area contributed by atoms with Gasteiger partial charge in [-0.25, -0.2) is 4.39 Å². The summed E-state index contributed by atoms with van der Waals surface area (Å²) >= 11 is 0. The maximum Gasteiger partial charge on any atom is 0.471 e. The lowest BCUT2D eigenvalue weighted by atomic mass is 10.1. The Bertz CT molecular complexity index is 632. The average Bonchev–Trinajstić information content (AvgIpc) is 2.91. The lowest BCUT2D eigenvalue weighted by molar-refractivity contribution is -0.159. The van der Waals surface area contributed by atoms with E-state index in [-0.39, 0.29) is 17.7 Å². The van der Waals surface area contributed by atoms with E-state index in [1.807, 2.05) is 6.92 Å². The normalized spacial score (nSPS) is 11.9. The molecule has 5 nitrogen and oxygen atoms in total. The first-order valence-electron chi connectivity index (χ1n) is 6.46. The summed E-state index contributed by atoms with van der Waals surface area (Å²) in [5.74, 6) is -3.14. The van der Waals surface area contributed by atoms with Gasteiger partial charge in [-0.05, 0) is 25.1 Å². The first kappa shape index (κ1) is 16.2. The molecule has 0 radical (unpaired) electrons. The summed E-state index contributed by atoms with van der Waals surface area (Å²) in [6.07, 6.45) is -3.95. The molecule has 2 rings (SSSR count). The molecule has 0 atom stereocenters. The van der Waals surface area contributed by atoms with Gasteiger partial charge in [-0.3, -0.25) is 0 Å². The molecule has 0 saturated heterocycles. The van der Waals surface area contributed by atoms with E-state index in [1.54, 1.807) is 0 Å². The Kier molecular flexibility index (Phi) is 4.65. The highest BCUT2D eigenvalue weighted by Crippen LogP contribution is 2.31. The quantitative estimate of drug-likeness (QED) is 0.654. The van der Waals surface area contributed by atoms with E-state index in [0.717, 1.165) is 18.6 Å². The van der Waals surface area contributed by atoms with Crippen LogP contribution in [0.1, 0.15) is 24.8 Å².